The fourth-order valence-electron chi connectivity index (χ4n) is 3.05. The second-order valence-corrected chi connectivity index (χ2v) is 7.69. The molecule has 2 atom stereocenters. The second kappa shape index (κ2) is 6.54. The third kappa shape index (κ3) is 3.11. The molecule has 0 radical (unpaired) electrons. The van der Waals surface area contributed by atoms with E-state index in [1.807, 2.05) is 0 Å². The van der Waals surface area contributed by atoms with Gasteiger partial charge in [0.1, 0.15) is 16.1 Å². The maximum Gasteiger partial charge on any atom is 0.313 e. The van der Waals surface area contributed by atoms with Gasteiger partial charge in [-0.3, -0.25) is 4.79 Å². The van der Waals surface area contributed by atoms with Crippen LogP contribution in [0.3, 0.4) is 0 Å². The highest BCUT2D eigenvalue weighted by molar-refractivity contribution is 7.89. The Bertz CT molecular complexity index is 693. The number of hydrogen-bond donors (Lipinski definition) is 2. The predicted molar refractivity (Wildman–Crippen MR) is 80.8 cm³/mol. The zero-order valence-electron chi connectivity index (χ0n) is 12.8. The number of carboxylic acids is 1. The van der Waals surface area contributed by atoms with Crippen LogP contribution in [-0.4, -0.2) is 48.1 Å². The molecule has 23 heavy (non-hydrogen) atoms. The van der Waals surface area contributed by atoms with E-state index in [-0.39, 0.29) is 25.9 Å². The van der Waals surface area contributed by atoms with Gasteiger partial charge >= 0.3 is 5.97 Å². The quantitative estimate of drug-likeness (QED) is 0.842. The number of benzene rings is 1. The summed E-state index contributed by atoms with van der Waals surface area (Å²) in [5, 5.41) is 19.7. The van der Waals surface area contributed by atoms with E-state index >= 15 is 0 Å². The molecule has 1 aliphatic rings. The topological polar surface area (TPSA) is 94.9 Å². The number of hydrogen-bond acceptors (Lipinski definition) is 4. The fraction of sp³-hybridized carbons (Fsp3) is 0.533. The molecule has 0 amide bonds. The Balaban J connectivity index is 2.41. The fourth-order valence-corrected chi connectivity index (χ4v) is 4.64. The average molecular weight is 345 g/mol. The predicted octanol–water partition coefficient (Wildman–Crippen LogP) is 1.45. The minimum Gasteiger partial charge on any atom is -0.481 e. The Kier molecular flexibility index (Phi) is 5.07. The number of aliphatic hydroxyl groups excluding tert-OH is 1. The molecule has 0 bridgehead atoms. The van der Waals surface area contributed by atoms with Crippen LogP contribution in [-0.2, 0) is 14.8 Å². The minimum atomic E-state index is -4.16. The highest BCUT2D eigenvalue weighted by Crippen LogP contribution is 2.37. The molecular formula is C15H20FNO5S. The van der Waals surface area contributed by atoms with Crippen molar-refractivity contribution in [1.29, 1.82) is 0 Å². The highest BCUT2D eigenvalue weighted by Gasteiger charge is 2.51. The molecule has 2 rings (SSSR count). The van der Waals surface area contributed by atoms with Crippen molar-refractivity contribution in [3.8, 4) is 0 Å². The molecule has 2 N–H and O–H groups in total. The Morgan fingerprint density at radius 2 is 2.09 bits per heavy atom. The molecule has 0 aliphatic carbocycles. The van der Waals surface area contributed by atoms with E-state index in [4.69, 9.17) is 0 Å². The molecule has 1 aromatic rings. The van der Waals surface area contributed by atoms with Crippen LogP contribution in [0.25, 0.3) is 0 Å². The Hall–Kier alpha value is -1.51. The number of sulfonamides is 1. The summed E-state index contributed by atoms with van der Waals surface area (Å²) >= 11 is 0. The van der Waals surface area contributed by atoms with Gasteiger partial charge in [0.25, 0.3) is 0 Å². The van der Waals surface area contributed by atoms with Crippen molar-refractivity contribution in [3.63, 3.8) is 0 Å². The Labute approximate surface area is 134 Å². The van der Waals surface area contributed by atoms with Gasteiger partial charge in [-0.2, -0.15) is 4.31 Å². The number of carbonyl (C=O) groups is 1. The SMILES string of the molecule is CCC[C@]1(C(=O)O)CN(S(=O)(=O)c2ccccc2F)CC[C@@H]1O. The van der Waals surface area contributed by atoms with Crippen molar-refractivity contribution in [2.45, 2.75) is 37.2 Å². The first-order chi connectivity index (χ1) is 10.8. The molecule has 1 heterocycles. The molecule has 1 aliphatic heterocycles. The van der Waals surface area contributed by atoms with Crippen LogP contribution in [0.4, 0.5) is 4.39 Å². The van der Waals surface area contributed by atoms with Gasteiger partial charge in [0.2, 0.25) is 10.0 Å². The van der Waals surface area contributed by atoms with Crippen molar-refractivity contribution in [3.05, 3.63) is 30.1 Å². The summed E-state index contributed by atoms with van der Waals surface area (Å²) in [6, 6.07) is 4.98. The lowest BCUT2D eigenvalue weighted by molar-refractivity contribution is -0.161. The van der Waals surface area contributed by atoms with Crippen LogP contribution in [0, 0.1) is 11.2 Å². The van der Waals surface area contributed by atoms with Gasteiger partial charge in [0.05, 0.1) is 6.10 Å². The van der Waals surface area contributed by atoms with Crippen LogP contribution in [0.2, 0.25) is 0 Å². The van der Waals surface area contributed by atoms with Crippen LogP contribution in [0.5, 0.6) is 0 Å². The molecule has 1 fully saturated rings. The summed E-state index contributed by atoms with van der Waals surface area (Å²) in [5.74, 6) is -2.12. The molecule has 128 valence electrons. The molecule has 0 spiro atoms. The lowest BCUT2D eigenvalue weighted by Gasteiger charge is -2.42. The summed E-state index contributed by atoms with van der Waals surface area (Å²) < 4.78 is 40.1. The molecule has 6 nitrogen and oxygen atoms in total. The van der Waals surface area contributed by atoms with Crippen LogP contribution >= 0.6 is 0 Å². The number of rotatable bonds is 5. The van der Waals surface area contributed by atoms with E-state index in [1.165, 1.54) is 12.1 Å². The molecule has 0 saturated carbocycles. The van der Waals surface area contributed by atoms with Crippen molar-refractivity contribution in [2.24, 2.45) is 5.41 Å². The van der Waals surface area contributed by atoms with Crippen molar-refractivity contribution < 1.29 is 27.8 Å². The lowest BCUT2D eigenvalue weighted by Crippen LogP contribution is -2.57. The molecule has 8 heteroatoms. The highest BCUT2D eigenvalue weighted by atomic mass is 32.2. The van der Waals surface area contributed by atoms with Crippen LogP contribution in [0.1, 0.15) is 26.2 Å². The van der Waals surface area contributed by atoms with Crippen LogP contribution < -0.4 is 0 Å². The Morgan fingerprint density at radius 1 is 1.43 bits per heavy atom. The molecular weight excluding hydrogens is 325 g/mol. The van der Waals surface area contributed by atoms with Crippen molar-refractivity contribution in [1.82, 2.24) is 4.31 Å². The number of aliphatic hydroxyl groups is 1. The molecule has 1 aromatic carbocycles. The van der Waals surface area contributed by atoms with Crippen molar-refractivity contribution in [2.75, 3.05) is 13.1 Å². The first kappa shape index (κ1) is 17.8. The third-order valence-electron chi connectivity index (χ3n) is 4.32. The van der Waals surface area contributed by atoms with Gasteiger partial charge in [-0.25, -0.2) is 12.8 Å². The van der Waals surface area contributed by atoms with E-state index in [1.54, 1.807) is 6.92 Å². The molecule has 1 saturated heterocycles. The second-order valence-electron chi connectivity index (χ2n) is 5.78. The average Bonchev–Trinajstić information content (AvgIpc) is 2.49. The first-order valence-electron chi connectivity index (χ1n) is 7.42. The summed E-state index contributed by atoms with van der Waals surface area (Å²) in [4.78, 5) is 11.2. The smallest absolute Gasteiger partial charge is 0.313 e. The number of nitrogens with zero attached hydrogens (tertiary/aromatic N) is 1. The van der Waals surface area contributed by atoms with Crippen molar-refractivity contribution >= 4 is 16.0 Å². The van der Waals surface area contributed by atoms with E-state index in [0.29, 0.717) is 6.42 Å². The summed E-state index contributed by atoms with van der Waals surface area (Å²) in [6.45, 7) is 1.35. The van der Waals surface area contributed by atoms with Gasteiger partial charge in [0, 0.05) is 13.1 Å². The first-order valence-corrected chi connectivity index (χ1v) is 8.86. The normalized spacial score (nSPS) is 26.1. The molecule has 0 aromatic heterocycles. The maximum atomic E-state index is 13.8. The maximum absolute atomic E-state index is 13.8. The zero-order valence-corrected chi connectivity index (χ0v) is 13.6. The standard InChI is InChI=1S/C15H20FNO5S/c1-2-8-15(14(19)20)10-17(9-7-13(15)18)23(21,22)12-6-4-3-5-11(12)16/h3-6,13,18H,2,7-10H2,1H3,(H,19,20)/t13-,15-/m0/s1. The third-order valence-corrected chi connectivity index (χ3v) is 6.20. The van der Waals surface area contributed by atoms with Gasteiger partial charge in [-0.05, 0) is 25.0 Å². The van der Waals surface area contributed by atoms with Gasteiger partial charge in [0.15, 0.2) is 0 Å². The molecule has 0 unspecified atom stereocenters. The van der Waals surface area contributed by atoms with Gasteiger partial charge in [-0.1, -0.05) is 25.5 Å². The summed E-state index contributed by atoms with van der Waals surface area (Å²) in [6.07, 6.45) is -0.504. The van der Waals surface area contributed by atoms with Crippen LogP contribution in [0.15, 0.2) is 29.2 Å². The van der Waals surface area contributed by atoms with E-state index < -0.39 is 38.2 Å². The summed E-state index contributed by atoms with van der Waals surface area (Å²) in [5.41, 5.74) is -1.56. The van der Waals surface area contributed by atoms with E-state index in [0.717, 1.165) is 16.4 Å². The van der Waals surface area contributed by atoms with Gasteiger partial charge in [-0.15, -0.1) is 0 Å². The van der Waals surface area contributed by atoms with Gasteiger partial charge < -0.3 is 10.2 Å². The number of piperidine rings is 1. The monoisotopic (exact) mass is 345 g/mol. The number of halogens is 1. The minimum absolute atomic E-state index is 0.0000172. The lowest BCUT2D eigenvalue weighted by atomic mass is 9.74. The Morgan fingerprint density at radius 3 is 2.65 bits per heavy atom. The van der Waals surface area contributed by atoms with E-state index in [2.05, 4.69) is 0 Å². The zero-order chi connectivity index (χ0) is 17.3. The van der Waals surface area contributed by atoms with E-state index in [9.17, 15) is 27.8 Å². The number of carboxylic acid groups (broad SMARTS) is 1. The largest absolute Gasteiger partial charge is 0.481 e. The number of aliphatic carboxylic acids is 1. The summed E-state index contributed by atoms with van der Waals surface area (Å²) in [7, 11) is -4.16.